The van der Waals surface area contributed by atoms with Crippen molar-refractivity contribution < 1.29 is 0 Å². The molecule has 0 unspecified atom stereocenters. The standard InChI is InChI=1S/C11H12N2OS2/c14-10-9-8(4-6-16-9)12-11(15)13(10)5-3-7-1-2-7/h4,6-7H,1-3,5H2,(H,12,15). The van der Waals surface area contributed by atoms with Crippen molar-refractivity contribution in [1.82, 2.24) is 9.55 Å². The van der Waals surface area contributed by atoms with E-state index in [4.69, 9.17) is 12.2 Å². The number of H-pyrrole nitrogens is 1. The van der Waals surface area contributed by atoms with Crippen molar-refractivity contribution in [1.29, 1.82) is 0 Å². The number of hydrogen-bond acceptors (Lipinski definition) is 3. The highest BCUT2D eigenvalue weighted by Crippen LogP contribution is 2.32. The number of aromatic nitrogens is 2. The van der Waals surface area contributed by atoms with E-state index in [0.29, 0.717) is 4.77 Å². The number of hydrogen-bond donors (Lipinski definition) is 1. The van der Waals surface area contributed by atoms with Crippen LogP contribution in [-0.4, -0.2) is 9.55 Å². The summed E-state index contributed by atoms with van der Waals surface area (Å²) in [5.41, 5.74) is 0.928. The molecule has 2 aromatic rings. The van der Waals surface area contributed by atoms with E-state index in [1.807, 2.05) is 11.4 Å². The first-order valence-electron chi connectivity index (χ1n) is 5.46. The second-order valence-electron chi connectivity index (χ2n) is 4.28. The van der Waals surface area contributed by atoms with Crippen LogP contribution in [0.3, 0.4) is 0 Å². The number of rotatable bonds is 3. The summed E-state index contributed by atoms with van der Waals surface area (Å²) in [6.07, 6.45) is 3.70. The smallest absolute Gasteiger partial charge is 0.272 e. The fourth-order valence-corrected chi connectivity index (χ4v) is 2.97. The number of nitrogens with one attached hydrogen (secondary N) is 1. The molecule has 0 radical (unpaired) electrons. The van der Waals surface area contributed by atoms with Crippen LogP contribution in [0.2, 0.25) is 0 Å². The van der Waals surface area contributed by atoms with Crippen molar-refractivity contribution in [2.45, 2.75) is 25.8 Å². The number of nitrogens with zero attached hydrogens (tertiary/aromatic N) is 1. The molecule has 2 aromatic heterocycles. The van der Waals surface area contributed by atoms with Gasteiger partial charge in [0.25, 0.3) is 5.56 Å². The minimum absolute atomic E-state index is 0.0643. The largest absolute Gasteiger partial charge is 0.331 e. The molecule has 3 nitrogen and oxygen atoms in total. The summed E-state index contributed by atoms with van der Waals surface area (Å²) < 4.78 is 3.04. The molecule has 3 rings (SSSR count). The summed E-state index contributed by atoms with van der Waals surface area (Å²) >= 11 is 6.69. The molecule has 0 saturated heterocycles. The quantitative estimate of drug-likeness (QED) is 0.853. The van der Waals surface area contributed by atoms with E-state index in [9.17, 15) is 4.79 Å². The number of fused-ring (bicyclic) bond motifs is 1. The Hall–Kier alpha value is -0.940. The zero-order valence-electron chi connectivity index (χ0n) is 8.73. The van der Waals surface area contributed by atoms with Gasteiger partial charge in [0.2, 0.25) is 0 Å². The Balaban J connectivity index is 2.07. The Morgan fingerprint density at radius 2 is 2.38 bits per heavy atom. The Kier molecular flexibility index (Phi) is 2.44. The SMILES string of the molecule is O=c1c2sccc2[nH]c(=S)n1CCC1CC1. The van der Waals surface area contributed by atoms with Crippen LogP contribution in [0.4, 0.5) is 0 Å². The maximum Gasteiger partial charge on any atom is 0.272 e. The van der Waals surface area contributed by atoms with Crippen molar-refractivity contribution >= 4 is 33.8 Å². The normalized spacial score (nSPS) is 15.8. The van der Waals surface area contributed by atoms with Gasteiger partial charge in [-0.15, -0.1) is 11.3 Å². The van der Waals surface area contributed by atoms with E-state index in [0.717, 1.165) is 29.1 Å². The Morgan fingerprint density at radius 1 is 1.56 bits per heavy atom. The summed E-state index contributed by atoms with van der Waals surface area (Å²) in [5, 5.41) is 1.92. The molecule has 1 N–H and O–H groups in total. The van der Waals surface area contributed by atoms with Crippen LogP contribution in [0.25, 0.3) is 10.2 Å². The zero-order chi connectivity index (χ0) is 11.1. The molecule has 0 atom stereocenters. The zero-order valence-corrected chi connectivity index (χ0v) is 10.4. The molecule has 1 saturated carbocycles. The Labute approximate surface area is 102 Å². The van der Waals surface area contributed by atoms with Gasteiger partial charge >= 0.3 is 0 Å². The Bertz CT molecular complexity index is 633. The molecular formula is C11H12N2OS2. The monoisotopic (exact) mass is 252 g/mol. The fourth-order valence-electron chi connectivity index (χ4n) is 1.89. The van der Waals surface area contributed by atoms with E-state index in [1.54, 1.807) is 4.57 Å². The van der Waals surface area contributed by atoms with Gasteiger partial charge < -0.3 is 4.98 Å². The van der Waals surface area contributed by atoms with Gasteiger partial charge in [-0.25, -0.2) is 0 Å². The van der Waals surface area contributed by atoms with Gasteiger partial charge in [-0.05, 0) is 36.0 Å². The van der Waals surface area contributed by atoms with Crippen molar-refractivity contribution in [3.05, 3.63) is 26.6 Å². The summed E-state index contributed by atoms with van der Waals surface area (Å²) in [7, 11) is 0. The fraction of sp³-hybridized carbons (Fsp3) is 0.455. The minimum Gasteiger partial charge on any atom is -0.331 e. The first kappa shape index (κ1) is 10.2. The van der Waals surface area contributed by atoms with Gasteiger partial charge in [0.15, 0.2) is 4.77 Å². The molecule has 16 heavy (non-hydrogen) atoms. The highest BCUT2D eigenvalue weighted by atomic mass is 32.1. The molecule has 0 spiro atoms. The lowest BCUT2D eigenvalue weighted by Crippen LogP contribution is -2.21. The lowest BCUT2D eigenvalue weighted by molar-refractivity contribution is 0.572. The van der Waals surface area contributed by atoms with Gasteiger partial charge in [-0.3, -0.25) is 9.36 Å². The second-order valence-corrected chi connectivity index (χ2v) is 5.59. The average molecular weight is 252 g/mol. The third kappa shape index (κ3) is 1.74. The van der Waals surface area contributed by atoms with E-state index >= 15 is 0 Å². The lowest BCUT2D eigenvalue weighted by atomic mass is 10.3. The molecule has 0 bridgehead atoms. The summed E-state index contributed by atoms with van der Waals surface area (Å²) in [6, 6.07) is 1.91. The molecule has 84 valence electrons. The number of thiophene rings is 1. The molecule has 1 fully saturated rings. The maximum atomic E-state index is 12.1. The van der Waals surface area contributed by atoms with E-state index in [-0.39, 0.29) is 5.56 Å². The van der Waals surface area contributed by atoms with Gasteiger partial charge in [0.1, 0.15) is 4.70 Å². The van der Waals surface area contributed by atoms with Crippen molar-refractivity contribution in [3.63, 3.8) is 0 Å². The number of aromatic amines is 1. The molecule has 0 aliphatic heterocycles. The Morgan fingerprint density at radius 3 is 3.12 bits per heavy atom. The van der Waals surface area contributed by atoms with Crippen LogP contribution < -0.4 is 5.56 Å². The first-order valence-corrected chi connectivity index (χ1v) is 6.75. The van der Waals surface area contributed by atoms with Gasteiger partial charge in [-0.2, -0.15) is 0 Å². The van der Waals surface area contributed by atoms with Crippen molar-refractivity contribution in [2.75, 3.05) is 0 Å². The van der Waals surface area contributed by atoms with Crippen molar-refractivity contribution in [3.8, 4) is 0 Å². The minimum atomic E-state index is 0.0643. The van der Waals surface area contributed by atoms with E-state index < -0.39 is 0 Å². The predicted octanol–water partition coefficient (Wildman–Crippen LogP) is 2.92. The van der Waals surface area contributed by atoms with E-state index in [1.165, 1.54) is 24.2 Å². The highest BCUT2D eigenvalue weighted by molar-refractivity contribution is 7.71. The average Bonchev–Trinajstić information content (AvgIpc) is 2.96. The topological polar surface area (TPSA) is 37.8 Å². The van der Waals surface area contributed by atoms with Crippen LogP contribution in [0.1, 0.15) is 19.3 Å². The molecule has 5 heteroatoms. The molecule has 1 aliphatic rings. The first-order chi connectivity index (χ1) is 7.75. The molecule has 2 heterocycles. The third-order valence-electron chi connectivity index (χ3n) is 3.05. The highest BCUT2D eigenvalue weighted by Gasteiger charge is 2.21. The van der Waals surface area contributed by atoms with Crippen LogP contribution >= 0.6 is 23.6 Å². The van der Waals surface area contributed by atoms with Crippen molar-refractivity contribution in [2.24, 2.45) is 5.92 Å². The maximum absolute atomic E-state index is 12.1. The summed E-state index contributed by atoms with van der Waals surface area (Å²) in [6.45, 7) is 0.757. The predicted molar refractivity (Wildman–Crippen MR) is 68.6 cm³/mol. The molecule has 0 aromatic carbocycles. The molecular weight excluding hydrogens is 240 g/mol. The molecule has 0 amide bonds. The van der Waals surface area contributed by atoms with Crippen LogP contribution in [0, 0.1) is 10.7 Å². The molecule has 1 aliphatic carbocycles. The van der Waals surface area contributed by atoms with Crippen LogP contribution in [-0.2, 0) is 6.54 Å². The third-order valence-corrected chi connectivity index (χ3v) is 4.27. The van der Waals surface area contributed by atoms with Gasteiger partial charge in [-0.1, -0.05) is 12.8 Å². The van der Waals surface area contributed by atoms with E-state index in [2.05, 4.69) is 4.98 Å². The van der Waals surface area contributed by atoms with Gasteiger partial charge in [0, 0.05) is 6.54 Å². The summed E-state index contributed by atoms with van der Waals surface area (Å²) in [5.74, 6) is 0.820. The second kappa shape index (κ2) is 3.82. The van der Waals surface area contributed by atoms with Gasteiger partial charge in [0.05, 0.1) is 5.52 Å². The van der Waals surface area contributed by atoms with Crippen LogP contribution in [0.5, 0.6) is 0 Å². The lowest BCUT2D eigenvalue weighted by Gasteiger charge is -2.05. The van der Waals surface area contributed by atoms with Crippen LogP contribution in [0.15, 0.2) is 16.2 Å². The summed E-state index contributed by atoms with van der Waals surface area (Å²) in [4.78, 5) is 15.2.